The zero-order valence-corrected chi connectivity index (χ0v) is 11.7. The van der Waals surface area contributed by atoms with Crippen LogP contribution in [0.15, 0.2) is 18.2 Å². The van der Waals surface area contributed by atoms with Gasteiger partial charge in [-0.15, -0.1) is 0 Å². The van der Waals surface area contributed by atoms with Gasteiger partial charge in [0.25, 0.3) is 0 Å². The molecule has 0 atom stereocenters. The molecule has 0 unspecified atom stereocenters. The van der Waals surface area contributed by atoms with Gasteiger partial charge in [0.05, 0.1) is 12.7 Å². The van der Waals surface area contributed by atoms with Crippen LogP contribution in [0.2, 0.25) is 0 Å². The van der Waals surface area contributed by atoms with Crippen LogP contribution in [0.4, 0.5) is 0 Å². The van der Waals surface area contributed by atoms with E-state index in [0.717, 1.165) is 30.1 Å². The van der Waals surface area contributed by atoms with Crippen LogP contribution in [0.5, 0.6) is 5.75 Å². The van der Waals surface area contributed by atoms with Crippen molar-refractivity contribution in [2.45, 2.75) is 12.2 Å². The highest BCUT2D eigenvalue weighted by Crippen LogP contribution is 2.22. The van der Waals surface area contributed by atoms with Crippen LogP contribution in [0.25, 0.3) is 0 Å². The van der Waals surface area contributed by atoms with Crippen molar-refractivity contribution in [1.29, 1.82) is 5.41 Å². The van der Waals surface area contributed by atoms with Crippen molar-refractivity contribution in [3.63, 3.8) is 0 Å². The van der Waals surface area contributed by atoms with Crippen LogP contribution in [-0.2, 0) is 10.5 Å². The van der Waals surface area contributed by atoms with E-state index >= 15 is 0 Å². The average Bonchev–Trinajstić information content (AvgIpc) is 2.38. The average molecular weight is 268 g/mol. The maximum Gasteiger partial charge on any atom is 0.129 e. The number of ether oxygens (including phenoxy) is 2. The topological polar surface area (TPSA) is 68.3 Å². The summed E-state index contributed by atoms with van der Waals surface area (Å²) >= 11 is 1.85. The molecule has 100 valence electrons. The van der Waals surface area contributed by atoms with Gasteiger partial charge in [0, 0.05) is 19.5 Å². The van der Waals surface area contributed by atoms with Gasteiger partial charge in [-0.2, -0.15) is 11.8 Å². The van der Waals surface area contributed by atoms with E-state index in [1.807, 2.05) is 30.0 Å². The number of nitrogen functional groups attached to an aromatic ring is 1. The Labute approximate surface area is 112 Å². The highest BCUT2D eigenvalue weighted by molar-refractivity contribution is 7.98. The van der Waals surface area contributed by atoms with Crippen LogP contribution in [0.3, 0.4) is 0 Å². The predicted molar refractivity (Wildman–Crippen MR) is 76.7 cm³/mol. The summed E-state index contributed by atoms with van der Waals surface area (Å²) in [4.78, 5) is 0. The molecule has 0 fully saturated rings. The van der Waals surface area contributed by atoms with E-state index in [0.29, 0.717) is 11.3 Å². The number of rotatable bonds is 8. The van der Waals surface area contributed by atoms with Crippen molar-refractivity contribution >= 4 is 17.6 Å². The van der Waals surface area contributed by atoms with E-state index in [4.69, 9.17) is 20.6 Å². The van der Waals surface area contributed by atoms with Crippen molar-refractivity contribution in [1.82, 2.24) is 0 Å². The van der Waals surface area contributed by atoms with Crippen LogP contribution < -0.4 is 10.5 Å². The molecule has 0 spiro atoms. The van der Waals surface area contributed by atoms with Gasteiger partial charge < -0.3 is 15.2 Å². The third-order valence-electron chi connectivity index (χ3n) is 2.46. The minimum Gasteiger partial charge on any atom is -0.496 e. The Morgan fingerprint density at radius 3 is 2.78 bits per heavy atom. The number of benzene rings is 1. The van der Waals surface area contributed by atoms with Crippen LogP contribution in [0.1, 0.15) is 17.5 Å². The first-order chi connectivity index (χ1) is 8.69. The molecular formula is C13H20N2O2S. The number of hydrogen-bond donors (Lipinski definition) is 2. The molecule has 1 aromatic carbocycles. The van der Waals surface area contributed by atoms with Gasteiger partial charge in [-0.25, -0.2) is 0 Å². The van der Waals surface area contributed by atoms with Crippen molar-refractivity contribution < 1.29 is 9.47 Å². The van der Waals surface area contributed by atoms with Crippen LogP contribution in [-0.4, -0.2) is 32.4 Å². The summed E-state index contributed by atoms with van der Waals surface area (Å²) in [5, 5.41) is 7.52. The fraction of sp³-hybridized carbons (Fsp3) is 0.462. The summed E-state index contributed by atoms with van der Waals surface area (Å²) in [7, 11) is 3.30. The van der Waals surface area contributed by atoms with Gasteiger partial charge in [0.1, 0.15) is 11.6 Å². The maximum atomic E-state index is 7.52. The molecule has 4 nitrogen and oxygen atoms in total. The second-order valence-electron chi connectivity index (χ2n) is 3.85. The normalized spacial score (nSPS) is 10.3. The quantitative estimate of drug-likeness (QED) is 0.431. The summed E-state index contributed by atoms with van der Waals surface area (Å²) in [6.45, 7) is 0.800. The zero-order valence-electron chi connectivity index (χ0n) is 10.9. The molecule has 0 bridgehead atoms. The number of nitrogens with one attached hydrogen (secondary N) is 1. The molecule has 0 radical (unpaired) electrons. The predicted octanol–water partition coefficient (Wildman–Crippen LogP) is 2.25. The summed E-state index contributed by atoms with van der Waals surface area (Å²) < 4.78 is 10.2. The molecule has 0 amide bonds. The highest BCUT2D eigenvalue weighted by atomic mass is 32.2. The second kappa shape index (κ2) is 8.00. The minimum absolute atomic E-state index is 0.0399. The molecule has 5 heteroatoms. The molecule has 0 saturated carbocycles. The first-order valence-corrected chi connectivity index (χ1v) is 6.92. The Kier molecular flexibility index (Phi) is 6.60. The van der Waals surface area contributed by atoms with Crippen molar-refractivity contribution in [3.8, 4) is 5.75 Å². The minimum atomic E-state index is 0.0399. The number of amidine groups is 1. The lowest BCUT2D eigenvalue weighted by atomic mass is 10.1. The van der Waals surface area contributed by atoms with E-state index < -0.39 is 0 Å². The van der Waals surface area contributed by atoms with E-state index in [-0.39, 0.29) is 5.84 Å². The second-order valence-corrected chi connectivity index (χ2v) is 4.95. The Morgan fingerprint density at radius 1 is 1.39 bits per heavy atom. The molecule has 0 aliphatic heterocycles. The fourth-order valence-electron chi connectivity index (χ4n) is 1.55. The van der Waals surface area contributed by atoms with Gasteiger partial charge in [0.15, 0.2) is 0 Å². The van der Waals surface area contributed by atoms with E-state index in [1.165, 1.54) is 0 Å². The van der Waals surface area contributed by atoms with E-state index in [1.54, 1.807) is 14.2 Å². The van der Waals surface area contributed by atoms with Crippen molar-refractivity contribution in [2.75, 3.05) is 26.6 Å². The van der Waals surface area contributed by atoms with E-state index in [2.05, 4.69) is 0 Å². The Morgan fingerprint density at radius 2 is 2.17 bits per heavy atom. The van der Waals surface area contributed by atoms with Crippen molar-refractivity contribution in [3.05, 3.63) is 29.3 Å². The lowest BCUT2D eigenvalue weighted by Crippen LogP contribution is -2.12. The SMILES string of the molecule is COCCCSCc1ccc(OC)c(C(=N)N)c1. The zero-order chi connectivity index (χ0) is 13.4. The van der Waals surface area contributed by atoms with Gasteiger partial charge in [-0.1, -0.05) is 6.07 Å². The molecule has 1 aromatic rings. The van der Waals surface area contributed by atoms with Gasteiger partial charge in [-0.05, 0) is 29.9 Å². The van der Waals surface area contributed by atoms with Crippen LogP contribution in [0, 0.1) is 5.41 Å². The highest BCUT2D eigenvalue weighted by Gasteiger charge is 2.07. The van der Waals surface area contributed by atoms with Gasteiger partial charge in [-0.3, -0.25) is 5.41 Å². The van der Waals surface area contributed by atoms with Gasteiger partial charge in [0.2, 0.25) is 0 Å². The Hall–Kier alpha value is -1.20. The Bertz CT molecular complexity index is 397. The summed E-state index contributed by atoms with van der Waals surface area (Å²) in [6, 6.07) is 5.79. The standard InChI is InChI=1S/C13H20N2O2S/c1-16-6-3-7-18-9-10-4-5-12(17-2)11(8-10)13(14)15/h4-5,8H,3,6-7,9H2,1-2H3,(H3,14,15). The number of thioether (sulfide) groups is 1. The molecule has 18 heavy (non-hydrogen) atoms. The number of hydrogen-bond acceptors (Lipinski definition) is 4. The van der Waals surface area contributed by atoms with Crippen molar-refractivity contribution in [2.24, 2.45) is 5.73 Å². The third kappa shape index (κ3) is 4.58. The largest absolute Gasteiger partial charge is 0.496 e. The number of nitrogens with two attached hydrogens (primary N) is 1. The fourth-order valence-corrected chi connectivity index (χ4v) is 2.43. The van der Waals surface area contributed by atoms with Gasteiger partial charge >= 0.3 is 0 Å². The summed E-state index contributed by atoms with van der Waals surface area (Å²) in [5.41, 5.74) is 7.35. The first kappa shape index (κ1) is 14.9. The molecule has 3 N–H and O–H groups in total. The molecule has 0 heterocycles. The molecule has 0 aliphatic rings. The summed E-state index contributed by atoms with van der Waals surface area (Å²) in [6.07, 6.45) is 1.05. The monoisotopic (exact) mass is 268 g/mol. The summed E-state index contributed by atoms with van der Waals surface area (Å²) in [5.74, 6) is 2.66. The Balaban J connectivity index is 2.56. The van der Waals surface area contributed by atoms with E-state index in [9.17, 15) is 0 Å². The molecule has 0 aromatic heterocycles. The maximum absolute atomic E-state index is 7.52. The molecule has 1 rings (SSSR count). The molecular weight excluding hydrogens is 248 g/mol. The number of methoxy groups -OCH3 is 2. The molecule has 0 aliphatic carbocycles. The smallest absolute Gasteiger partial charge is 0.129 e. The van der Waals surface area contributed by atoms with Crippen LogP contribution >= 0.6 is 11.8 Å². The molecule has 0 saturated heterocycles. The lowest BCUT2D eigenvalue weighted by Gasteiger charge is -2.09. The first-order valence-electron chi connectivity index (χ1n) is 5.77. The third-order valence-corrected chi connectivity index (χ3v) is 3.57. The lowest BCUT2D eigenvalue weighted by molar-refractivity contribution is 0.200.